The van der Waals surface area contributed by atoms with Gasteiger partial charge in [-0.1, -0.05) is 0 Å². The van der Waals surface area contributed by atoms with Crippen LogP contribution in [0.25, 0.3) is 0 Å². The lowest BCUT2D eigenvalue weighted by Gasteiger charge is -2.14. The SMILES string of the molecule is C[Si]O[Si](C)(C)C. The van der Waals surface area contributed by atoms with Crippen LogP contribution in [-0.4, -0.2) is 18.1 Å². The van der Waals surface area contributed by atoms with Crippen LogP contribution >= 0.6 is 0 Å². The molecule has 0 amide bonds. The van der Waals surface area contributed by atoms with Gasteiger partial charge in [0.25, 0.3) is 0 Å². The molecule has 1 nitrogen and oxygen atoms in total. The summed E-state index contributed by atoms with van der Waals surface area (Å²) in [6, 6.07) is 0. The maximum absolute atomic E-state index is 5.40. The van der Waals surface area contributed by atoms with Crippen LogP contribution in [0.5, 0.6) is 0 Å². The molecule has 0 atom stereocenters. The molecular formula is C4H12OSi2. The third-order valence-electron chi connectivity index (χ3n) is 0.408. The van der Waals surface area contributed by atoms with Crippen molar-refractivity contribution >= 4 is 18.1 Å². The maximum atomic E-state index is 5.40. The average Bonchev–Trinajstić information content (AvgIpc) is 1.30. The van der Waals surface area contributed by atoms with Gasteiger partial charge in [0.2, 0.25) is 9.76 Å². The third kappa shape index (κ3) is 6.39. The molecule has 0 saturated heterocycles. The molecule has 0 aromatic carbocycles. The van der Waals surface area contributed by atoms with E-state index in [1.165, 1.54) is 0 Å². The highest BCUT2D eigenvalue weighted by Crippen LogP contribution is 1.99. The topological polar surface area (TPSA) is 9.23 Å². The number of hydrogen-bond acceptors (Lipinski definition) is 1. The summed E-state index contributed by atoms with van der Waals surface area (Å²) in [5, 5.41) is 0. The maximum Gasteiger partial charge on any atom is 0.211 e. The molecule has 0 aliphatic rings. The minimum atomic E-state index is -1.14. The quantitative estimate of drug-likeness (QED) is 0.517. The van der Waals surface area contributed by atoms with E-state index in [-0.39, 0.29) is 0 Å². The molecule has 0 spiro atoms. The Morgan fingerprint density at radius 2 is 1.71 bits per heavy atom. The lowest BCUT2D eigenvalue weighted by Crippen LogP contribution is -2.26. The molecule has 0 saturated carbocycles. The lowest BCUT2D eigenvalue weighted by molar-refractivity contribution is 0.603. The molecule has 42 valence electrons. The highest BCUT2D eigenvalue weighted by Gasteiger charge is 2.11. The van der Waals surface area contributed by atoms with Crippen LogP contribution in [0.3, 0.4) is 0 Å². The van der Waals surface area contributed by atoms with Crippen molar-refractivity contribution in [1.82, 2.24) is 0 Å². The summed E-state index contributed by atoms with van der Waals surface area (Å²) in [6.45, 7) is 8.66. The summed E-state index contributed by atoms with van der Waals surface area (Å²) >= 11 is 0. The van der Waals surface area contributed by atoms with Gasteiger partial charge in [-0.15, -0.1) is 0 Å². The van der Waals surface area contributed by atoms with E-state index < -0.39 is 8.32 Å². The van der Waals surface area contributed by atoms with Gasteiger partial charge in [0.05, 0.1) is 0 Å². The van der Waals surface area contributed by atoms with Crippen LogP contribution in [0.15, 0.2) is 0 Å². The Morgan fingerprint density at radius 1 is 1.29 bits per heavy atom. The van der Waals surface area contributed by atoms with Crippen LogP contribution in [-0.2, 0) is 4.12 Å². The van der Waals surface area contributed by atoms with Crippen LogP contribution in [0.2, 0.25) is 26.2 Å². The zero-order valence-electron chi connectivity index (χ0n) is 5.41. The molecule has 0 unspecified atom stereocenters. The first-order valence-corrected chi connectivity index (χ1v) is 7.22. The third-order valence-corrected chi connectivity index (χ3v) is 3.67. The van der Waals surface area contributed by atoms with Crippen LogP contribution in [0.1, 0.15) is 0 Å². The normalized spacial score (nSPS) is 12.0. The summed E-state index contributed by atoms with van der Waals surface area (Å²) in [7, 11) is -0.474. The van der Waals surface area contributed by atoms with Crippen molar-refractivity contribution < 1.29 is 4.12 Å². The first kappa shape index (κ1) is 7.39. The average molecular weight is 132 g/mol. The van der Waals surface area contributed by atoms with Crippen molar-refractivity contribution in [3.8, 4) is 0 Å². The second-order valence-corrected chi connectivity index (χ2v) is 7.87. The molecular weight excluding hydrogens is 120 g/mol. The lowest BCUT2D eigenvalue weighted by atomic mass is 11.8. The zero-order valence-corrected chi connectivity index (χ0v) is 7.41. The van der Waals surface area contributed by atoms with E-state index in [2.05, 4.69) is 26.2 Å². The second-order valence-electron chi connectivity index (χ2n) is 2.42. The Balaban J connectivity index is 3.15. The largest absolute Gasteiger partial charge is 0.456 e. The van der Waals surface area contributed by atoms with Gasteiger partial charge < -0.3 is 4.12 Å². The molecule has 0 aliphatic carbocycles. The van der Waals surface area contributed by atoms with Crippen molar-refractivity contribution in [3.63, 3.8) is 0 Å². The summed E-state index contributed by atoms with van der Waals surface area (Å²) in [5.41, 5.74) is 0. The molecule has 0 rings (SSSR count). The Labute approximate surface area is 49.1 Å². The molecule has 0 aliphatic heterocycles. The van der Waals surface area contributed by atoms with E-state index in [9.17, 15) is 0 Å². The van der Waals surface area contributed by atoms with E-state index in [4.69, 9.17) is 4.12 Å². The van der Waals surface area contributed by atoms with Crippen LogP contribution in [0.4, 0.5) is 0 Å². The predicted molar refractivity (Wildman–Crippen MR) is 36.0 cm³/mol. The fourth-order valence-electron chi connectivity index (χ4n) is 0.306. The minimum absolute atomic E-state index is 0.671. The van der Waals surface area contributed by atoms with Crippen molar-refractivity contribution in [2.24, 2.45) is 0 Å². The number of rotatable bonds is 2. The van der Waals surface area contributed by atoms with Crippen molar-refractivity contribution in [2.45, 2.75) is 26.2 Å². The molecule has 2 radical (unpaired) electrons. The van der Waals surface area contributed by atoms with Gasteiger partial charge >= 0.3 is 0 Å². The molecule has 0 fully saturated rings. The van der Waals surface area contributed by atoms with E-state index in [1.54, 1.807) is 0 Å². The highest BCUT2D eigenvalue weighted by atomic mass is 28.4. The first-order valence-electron chi connectivity index (χ1n) is 2.41. The Morgan fingerprint density at radius 3 is 1.71 bits per heavy atom. The molecule has 0 aromatic rings. The molecule has 7 heavy (non-hydrogen) atoms. The number of hydrogen-bond donors (Lipinski definition) is 0. The highest BCUT2D eigenvalue weighted by molar-refractivity contribution is 6.73. The smallest absolute Gasteiger partial charge is 0.211 e. The van der Waals surface area contributed by atoms with Crippen LogP contribution in [0, 0.1) is 0 Å². The standard InChI is InChI=1S/C4H12OSi2/c1-6-5-7(2,3)4/h1-4H3. The molecule has 0 bridgehead atoms. The molecule has 0 N–H and O–H groups in total. The fourth-order valence-corrected chi connectivity index (χ4v) is 2.76. The minimum Gasteiger partial charge on any atom is -0.456 e. The summed E-state index contributed by atoms with van der Waals surface area (Å²) in [5.74, 6) is 0. The van der Waals surface area contributed by atoms with Gasteiger partial charge in [0.1, 0.15) is 0 Å². The van der Waals surface area contributed by atoms with Gasteiger partial charge in [-0.3, -0.25) is 0 Å². The van der Waals surface area contributed by atoms with Gasteiger partial charge in [-0.25, -0.2) is 0 Å². The molecule has 3 heteroatoms. The van der Waals surface area contributed by atoms with E-state index >= 15 is 0 Å². The summed E-state index contributed by atoms with van der Waals surface area (Å²) < 4.78 is 5.40. The van der Waals surface area contributed by atoms with E-state index in [1.807, 2.05) is 0 Å². The zero-order chi connectivity index (χ0) is 5.91. The van der Waals surface area contributed by atoms with Crippen LogP contribution < -0.4 is 0 Å². The Kier molecular flexibility index (Phi) is 2.79. The van der Waals surface area contributed by atoms with E-state index in [0.717, 1.165) is 0 Å². The predicted octanol–water partition coefficient (Wildman–Crippen LogP) is 1.51. The summed E-state index contributed by atoms with van der Waals surface area (Å²) in [6.07, 6.45) is 0. The Bertz CT molecular complexity index is 48.1. The first-order chi connectivity index (χ1) is 3.06. The second kappa shape index (κ2) is 2.64. The molecule has 0 aromatic heterocycles. The monoisotopic (exact) mass is 132 g/mol. The van der Waals surface area contributed by atoms with Gasteiger partial charge in [-0.2, -0.15) is 0 Å². The van der Waals surface area contributed by atoms with E-state index in [0.29, 0.717) is 9.76 Å². The Hall–Kier alpha value is 0.394. The summed E-state index contributed by atoms with van der Waals surface area (Å²) in [4.78, 5) is 0. The van der Waals surface area contributed by atoms with Crippen molar-refractivity contribution in [1.29, 1.82) is 0 Å². The van der Waals surface area contributed by atoms with Gasteiger partial charge in [-0.05, 0) is 26.2 Å². The molecule has 0 heterocycles. The van der Waals surface area contributed by atoms with Crippen molar-refractivity contribution in [3.05, 3.63) is 0 Å². The van der Waals surface area contributed by atoms with Gasteiger partial charge in [0.15, 0.2) is 8.32 Å². The van der Waals surface area contributed by atoms with Crippen molar-refractivity contribution in [2.75, 3.05) is 0 Å². The fraction of sp³-hybridized carbons (Fsp3) is 1.00. The van der Waals surface area contributed by atoms with Gasteiger partial charge in [0, 0.05) is 0 Å².